The van der Waals surface area contributed by atoms with Gasteiger partial charge in [0.25, 0.3) is 0 Å². The van der Waals surface area contributed by atoms with E-state index in [0.717, 1.165) is 16.9 Å². The van der Waals surface area contributed by atoms with Crippen LogP contribution in [0.2, 0.25) is 0 Å². The molecule has 0 spiro atoms. The molecule has 7 nitrogen and oxygen atoms in total. The molecule has 3 rings (SSSR count). The number of fused-ring (bicyclic) bond motifs is 1. The van der Waals surface area contributed by atoms with Crippen molar-refractivity contribution in [1.29, 1.82) is 0 Å². The van der Waals surface area contributed by atoms with Gasteiger partial charge in [-0.05, 0) is 45.0 Å². The molecule has 0 aliphatic rings. The minimum absolute atomic E-state index is 0.232. The maximum atomic E-state index is 12.5. The number of rotatable bonds is 7. The molecule has 1 aromatic carbocycles. The van der Waals surface area contributed by atoms with E-state index in [2.05, 4.69) is 16.9 Å². The fourth-order valence-corrected chi connectivity index (χ4v) is 3.12. The lowest BCUT2D eigenvalue weighted by molar-refractivity contribution is 0.0474. The number of Topliss-reactive ketones (excluding diaryl/α,β-unsaturated/α-hetero) is 1. The molecule has 0 aliphatic carbocycles. The highest BCUT2D eigenvalue weighted by atomic mass is 16.5. The van der Waals surface area contributed by atoms with Crippen molar-refractivity contribution in [2.24, 2.45) is 0 Å². The molecular formula is C20H22N4O3. The highest BCUT2D eigenvalue weighted by molar-refractivity contribution is 6.01. The van der Waals surface area contributed by atoms with Gasteiger partial charge in [-0.2, -0.15) is 0 Å². The number of ketones is 1. The molecule has 0 saturated carbocycles. The average molecular weight is 366 g/mol. The average Bonchev–Trinajstić information content (AvgIpc) is 3.21. The summed E-state index contributed by atoms with van der Waals surface area (Å²) in [5, 5.41) is 8.06. The van der Waals surface area contributed by atoms with Crippen molar-refractivity contribution in [1.82, 2.24) is 19.6 Å². The lowest BCUT2D eigenvalue weighted by Crippen LogP contribution is -2.15. The number of ether oxygens (including phenoxy) is 1. The number of aryl methyl sites for hydroxylation is 2. The maximum Gasteiger partial charge on any atom is 0.338 e. The van der Waals surface area contributed by atoms with Crippen LogP contribution in [0.1, 0.15) is 39.0 Å². The standard InChI is InChI=1S/C20H22N4O3/c1-5-9-23-13(3)10-16(14(23)4)19(25)12-27-20(26)15-7-8-18-17(11-15)21-22-24(18)6-2/h5,7-8,10-11H,1,6,9,12H2,2-4H3. The van der Waals surface area contributed by atoms with Crippen LogP contribution in [0.25, 0.3) is 11.0 Å². The van der Waals surface area contributed by atoms with Crippen molar-refractivity contribution in [3.8, 4) is 0 Å². The van der Waals surface area contributed by atoms with Crippen LogP contribution >= 0.6 is 0 Å². The third-order valence-electron chi connectivity index (χ3n) is 4.57. The number of aromatic nitrogens is 4. The van der Waals surface area contributed by atoms with Gasteiger partial charge in [0.15, 0.2) is 6.61 Å². The Hall–Kier alpha value is -3.22. The first-order valence-corrected chi connectivity index (χ1v) is 8.77. The van der Waals surface area contributed by atoms with Crippen molar-refractivity contribution >= 4 is 22.8 Å². The quantitative estimate of drug-likeness (QED) is 0.365. The van der Waals surface area contributed by atoms with Gasteiger partial charge in [-0.3, -0.25) is 4.79 Å². The van der Waals surface area contributed by atoms with Gasteiger partial charge in [0.2, 0.25) is 5.78 Å². The topological polar surface area (TPSA) is 79.0 Å². The number of carbonyl (C=O) groups is 2. The normalized spacial score (nSPS) is 10.9. The van der Waals surface area contributed by atoms with E-state index >= 15 is 0 Å². The zero-order valence-corrected chi connectivity index (χ0v) is 15.7. The Balaban J connectivity index is 1.71. The second-order valence-corrected chi connectivity index (χ2v) is 6.29. The third kappa shape index (κ3) is 3.53. The molecule has 2 heterocycles. The van der Waals surface area contributed by atoms with Gasteiger partial charge in [-0.1, -0.05) is 11.3 Å². The zero-order chi connectivity index (χ0) is 19.6. The lowest BCUT2D eigenvalue weighted by atomic mass is 10.1. The molecule has 0 bridgehead atoms. The Labute approximate surface area is 157 Å². The number of carbonyl (C=O) groups excluding carboxylic acids is 2. The highest BCUT2D eigenvalue weighted by Crippen LogP contribution is 2.17. The van der Waals surface area contributed by atoms with Crippen molar-refractivity contribution < 1.29 is 14.3 Å². The molecule has 0 fully saturated rings. The molecule has 0 amide bonds. The van der Waals surface area contributed by atoms with Crippen LogP contribution in [-0.2, 0) is 17.8 Å². The van der Waals surface area contributed by atoms with Crippen LogP contribution in [0.5, 0.6) is 0 Å². The Bertz CT molecular complexity index is 1030. The van der Waals surface area contributed by atoms with E-state index in [0.29, 0.717) is 29.7 Å². The molecule has 7 heteroatoms. The summed E-state index contributed by atoms with van der Waals surface area (Å²) >= 11 is 0. The molecule has 2 aromatic heterocycles. The molecule has 0 aliphatic heterocycles. The largest absolute Gasteiger partial charge is 0.454 e. The number of benzene rings is 1. The van der Waals surface area contributed by atoms with Crippen LogP contribution < -0.4 is 0 Å². The fourth-order valence-electron chi connectivity index (χ4n) is 3.12. The van der Waals surface area contributed by atoms with Gasteiger partial charge in [-0.25, -0.2) is 9.48 Å². The summed E-state index contributed by atoms with van der Waals surface area (Å²) in [6.45, 7) is 10.5. The van der Waals surface area contributed by atoms with E-state index < -0.39 is 5.97 Å². The summed E-state index contributed by atoms with van der Waals surface area (Å²) in [5.74, 6) is -0.791. The maximum absolute atomic E-state index is 12.5. The van der Waals surface area contributed by atoms with Crippen molar-refractivity contribution in [3.05, 3.63) is 59.4 Å². The minimum atomic E-state index is -0.559. The third-order valence-corrected chi connectivity index (χ3v) is 4.57. The second-order valence-electron chi connectivity index (χ2n) is 6.29. The first-order chi connectivity index (χ1) is 13.0. The van der Waals surface area contributed by atoms with Gasteiger partial charge < -0.3 is 9.30 Å². The van der Waals surface area contributed by atoms with Crippen molar-refractivity contribution in [2.45, 2.75) is 33.9 Å². The monoisotopic (exact) mass is 366 g/mol. The van der Waals surface area contributed by atoms with Crippen LogP contribution in [0, 0.1) is 13.8 Å². The molecular weight excluding hydrogens is 344 g/mol. The van der Waals surface area contributed by atoms with Crippen LogP contribution in [0.3, 0.4) is 0 Å². The lowest BCUT2D eigenvalue weighted by Gasteiger charge is -2.07. The number of hydrogen-bond donors (Lipinski definition) is 0. The Kier molecular flexibility index (Phi) is 5.21. The number of hydrogen-bond acceptors (Lipinski definition) is 5. The van der Waals surface area contributed by atoms with Crippen molar-refractivity contribution in [3.63, 3.8) is 0 Å². The summed E-state index contributed by atoms with van der Waals surface area (Å²) in [6.07, 6.45) is 1.78. The summed E-state index contributed by atoms with van der Waals surface area (Å²) < 4.78 is 8.95. The zero-order valence-electron chi connectivity index (χ0n) is 15.7. The van der Waals surface area contributed by atoms with Crippen molar-refractivity contribution in [2.75, 3.05) is 6.61 Å². The molecule has 0 saturated heterocycles. The number of esters is 1. The van der Waals surface area contributed by atoms with E-state index in [9.17, 15) is 9.59 Å². The first kappa shape index (κ1) is 18.6. The summed E-state index contributed by atoms with van der Waals surface area (Å²) in [7, 11) is 0. The second kappa shape index (κ2) is 7.57. The molecule has 0 radical (unpaired) electrons. The molecule has 0 atom stereocenters. The van der Waals surface area contributed by atoms with Gasteiger partial charge >= 0.3 is 5.97 Å². The van der Waals surface area contributed by atoms with E-state index in [-0.39, 0.29) is 12.4 Å². The summed E-state index contributed by atoms with van der Waals surface area (Å²) in [5.41, 5.74) is 4.17. The SMILES string of the molecule is C=CCn1c(C)cc(C(=O)COC(=O)c2ccc3c(c2)nnn3CC)c1C. The number of nitrogens with zero attached hydrogens (tertiary/aromatic N) is 4. The molecule has 140 valence electrons. The molecule has 3 aromatic rings. The van der Waals surface area contributed by atoms with E-state index in [1.807, 2.05) is 31.4 Å². The van der Waals surface area contributed by atoms with Gasteiger partial charge in [-0.15, -0.1) is 11.7 Å². The van der Waals surface area contributed by atoms with Gasteiger partial charge in [0, 0.05) is 30.0 Å². The predicted octanol–water partition coefficient (Wildman–Crippen LogP) is 3.10. The first-order valence-electron chi connectivity index (χ1n) is 8.77. The van der Waals surface area contributed by atoms with E-state index in [1.165, 1.54) is 0 Å². The van der Waals surface area contributed by atoms with Crippen LogP contribution in [-0.4, -0.2) is 37.9 Å². The predicted molar refractivity (Wildman–Crippen MR) is 102 cm³/mol. The Morgan fingerprint density at radius 2 is 2.04 bits per heavy atom. The van der Waals surface area contributed by atoms with E-state index in [4.69, 9.17) is 4.74 Å². The highest BCUT2D eigenvalue weighted by Gasteiger charge is 2.18. The Morgan fingerprint density at radius 1 is 1.26 bits per heavy atom. The van der Waals surface area contributed by atoms with Gasteiger partial charge in [0.1, 0.15) is 5.52 Å². The molecule has 27 heavy (non-hydrogen) atoms. The van der Waals surface area contributed by atoms with Crippen LogP contribution in [0.4, 0.5) is 0 Å². The molecule has 0 unspecified atom stereocenters. The summed E-state index contributed by atoms with van der Waals surface area (Å²) in [4.78, 5) is 24.8. The fraction of sp³-hybridized carbons (Fsp3) is 0.300. The smallest absolute Gasteiger partial charge is 0.338 e. The minimum Gasteiger partial charge on any atom is -0.454 e. The molecule has 0 N–H and O–H groups in total. The van der Waals surface area contributed by atoms with Gasteiger partial charge in [0.05, 0.1) is 11.1 Å². The van der Waals surface area contributed by atoms with E-state index in [1.54, 1.807) is 29.0 Å². The van der Waals surface area contributed by atoms with Crippen LogP contribution in [0.15, 0.2) is 36.9 Å². The summed E-state index contributed by atoms with van der Waals surface area (Å²) in [6, 6.07) is 6.86. The Morgan fingerprint density at radius 3 is 2.74 bits per heavy atom. The number of allylic oxidation sites excluding steroid dienone is 1.